The molecule has 0 amide bonds. The molecule has 6 nitrogen and oxygen atoms in total. The van der Waals surface area contributed by atoms with E-state index in [1.807, 2.05) is 48.5 Å². The van der Waals surface area contributed by atoms with Crippen LogP contribution < -0.4 is 0 Å². The Morgan fingerprint density at radius 3 is 1.29 bits per heavy atom. The van der Waals surface area contributed by atoms with Gasteiger partial charge < -0.3 is 10.2 Å². The molecular weight excluding hydrogens is 1200 g/mol. The fourth-order valence-corrected chi connectivity index (χ4v) is 11.0. The zero-order valence-corrected chi connectivity index (χ0v) is 50.6. The van der Waals surface area contributed by atoms with Crippen molar-refractivity contribution in [3.05, 3.63) is 203 Å². The van der Waals surface area contributed by atoms with Crippen molar-refractivity contribution in [1.29, 1.82) is 0 Å². The number of hydrogen-bond acceptors (Lipinski definition) is 8. The Bertz CT molecular complexity index is 3590. The van der Waals surface area contributed by atoms with E-state index in [0.29, 0.717) is 11.4 Å². The maximum Gasteiger partial charge on any atom is 0.135 e. The quantitative estimate of drug-likeness (QED) is 0.117. The molecular formula is C68H65F2N4O2PtS2-. The summed E-state index contributed by atoms with van der Waals surface area (Å²) in [5.74, 6) is -1.34. The average Bonchev–Trinajstić information content (AvgIpc) is 4.25. The van der Waals surface area contributed by atoms with Gasteiger partial charge in [-0.25, -0.2) is 18.7 Å². The van der Waals surface area contributed by atoms with E-state index in [4.69, 9.17) is 9.97 Å². The maximum atomic E-state index is 14.3. The van der Waals surface area contributed by atoms with Crippen LogP contribution in [0.4, 0.5) is 20.2 Å². The van der Waals surface area contributed by atoms with Crippen LogP contribution >= 0.6 is 22.7 Å². The molecule has 2 heterocycles. The molecule has 2 aromatic heterocycles. The fourth-order valence-electron chi connectivity index (χ4n) is 8.90. The number of aromatic nitrogens is 2. The first-order chi connectivity index (χ1) is 36.8. The Hall–Kier alpha value is -6.97. The zero-order chi connectivity index (χ0) is 55.9. The van der Waals surface area contributed by atoms with E-state index >= 15 is 0 Å². The number of thiazole rings is 2. The fraction of sp³-hybridized carbons (Fsp3) is 0.235. The van der Waals surface area contributed by atoms with Crippen LogP contribution in [0.2, 0.25) is 0 Å². The Morgan fingerprint density at radius 1 is 0.456 bits per heavy atom. The molecule has 406 valence electrons. The molecule has 0 saturated heterocycles. The molecule has 10 aromatic rings. The minimum absolute atomic E-state index is 0. The number of para-hydroxylation sites is 2. The molecule has 0 aliphatic rings. The molecule has 8 aromatic carbocycles. The van der Waals surface area contributed by atoms with Crippen molar-refractivity contribution in [2.45, 2.75) is 105 Å². The SMILES string of the molecule is CC(C)(C)c1c[c-]c(-c2cc(C(C)(C)C)cc3sc(-c4ccccc4N=Cc4c(O)cccc4F)nc23)cc1.CC(C)(C)c1ccc(-c2cc(C(C)(C)C)cc3sc(-c4ccccc4N=Cc4c(O)cccc4F)nc23)cc1.[Pt]. The summed E-state index contributed by atoms with van der Waals surface area (Å²) in [6, 6.07) is 51.5. The molecule has 0 fully saturated rings. The van der Waals surface area contributed by atoms with Crippen LogP contribution in [0, 0.1) is 17.7 Å². The van der Waals surface area contributed by atoms with Gasteiger partial charge >= 0.3 is 0 Å². The number of nitrogens with zero attached hydrogens (tertiary/aromatic N) is 4. The second-order valence-corrected chi connectivity index (χ2v) is 25.8. The van der Waals surface area contributed by atoms with Gasteiger partial charge in [-0.2, -0.15) is 0 Å². The Balaban J connectivity index is 0.000000205. The maximum absolute atomic E-state index is 14.3. The van der Waals surface area contributed by atoms with Gasteiger partial charge in [0.15, 0.2) is 0 Å². The molecule has 0 saturated carbocycles. The van der Waals surface area contributed by atoms with Gasteiger partial charge in [-0.3, -0.25) is 9.98 Å². The molecule has 2 N–H and O–H groups in total. The van der Waals surface area contributed by atoms with Crippen LogP contribution in [0.3, 0.4) is 0 Å². The number of fused-ring (bicyclic) bond motifs is 2. The number of phenolic OH excluding ortho intramolecular Hbond substituents is 2. The largest absolute Gasteiger partial charge is 0.507 e. The van der Waals surface area contributed by atoms with Crippen LogP contribution in [0.15, 0.2) is 162 Å². The monoisotopic (exact) mass is 1270 g/mol. The molecule has 0 aliphatic heterocycles. The summed E-state index contributed by atoms with van der Waals surface area (Å²) >= 11 is 3.25. The van der Waals surface area contributed by atoms with Crippen molar-refractivity contribution in [3.8, 4) is 54.9 Å². The first-order valence-corrected chi connectivity index (χ1v) is 27.7. The number of hydrogen-bond donors (Lipinski definition) is 2. The third kappa shape index (κ3) is 13.1. The average molecular weight is 1270 g/mol. The molecule has 0 spiro atoms. The van der Waals surface area contributed by atoms with Crippen LogP contribution in [-0.2, 0) is 42.7 Å². The van der Waals surface area contributed by atoms with E-state index in [2.05, 4.69) is 166 Å². The van der Waals surface area contributed by atoms with Gasteiger partial charge in [0.2, 0.25) is 0 Å². The Kier molecular flexibility index (Phi) is 16.9. The van der Waals surface area contributed by atoms with Gasteiger partial charge in [0.05, 0.1) is 32.7 Å². The van der Waals surface area contributed by atoms with Crippen molar-refractivity contribution in [3.63, 3.8) is 0 Å². The van der Waals surface area contributed by atoms with Crippen molar-refractivity contribution < 1.29 is 40.1 Å². The van der Waals surface area contributed by atoms with E-state index in [0.717, 1.165) is 63.8 Å². The van der Waals surface area contributed by atoms with Gasteiger partial charge in [-0.05, 0) is 111 Å². The molecule has 10 rings (SSSR count). The summed E-state index contributed by atoms with van der Waals surface area (Å²) in [4.78, 5) is 19.3. The van der Waals surface area contributed by atoms with E-state index in [1.54, 1.807) is 22.7 Å². The summed E-state index contributed by atoms with van der Waals surface area (Å²) in [7, 11) is 0. The van der Waals surface area contributed by atoms with Gasteiger partial charge in [0.25, 0.3) is 0 Å². The van der Waals surface area contributed by atoms with Gasteiger partial charge in [0.1, 0.15) is 33.1 Å². The minimum Gasteiger partial charge on any atom is -0.507 e. The summed E-state index contributed by atoms with van der Waals surface area (Å²) in [5.41, 5.74) is 14.4. The predicted molar refractivity (Wildman–Crippen MR) is 325 cm³/mol. The Morgan fingerprint density at radius 2 is 0.873 bits per heavy atom. The third-order valence-electron chi connectivity index (χ3n) is 13.7. The molecule has 0 unspecified atom stereocenters. The van der Waals surface area contributed by atoms with E-state index < -0.39 is 11.6 Å². The first-order valence-electron chi connectivity index (χ1n) is 26.1. The topological polar surface area (TPSA) is 91.0 Å². The molecule has 79 heavy (non-hydrogen) atoms. The minimum atomic E-state index is -0.524. The molecule has 0 atom stereocenters. The van der Waals surface area contributed by atoms with Gasteiger partial charge in [-0.1, -0.05) is 155 Å². The van der Waals surface area contributed by atoms with Crippen molar-refractivity contribution in [1.82, 2.24) is 9.97 Å². The van der Waals surface area contributed by atoms with Gasteiger partial charge in [-0.15, -0.1) is 58.1 Å². The number of aliphatic imine (C=N–C) groups is 2. The normalized spacial score (nSPS) is 12.3. The van der Waals surface area contributed by atoms with Crippen LogP contribution in [0.5, 0.6) is 11.5 Å². The van der Waals surface area contributed by atoms with E-state index in [9.17, 15) is 19.0 Å². The van der Waals surface area contributed by atoms with Crippen molar-refractivity contribution in [2.75, 3.05) is 0 Å². The Labute approximate surface area is 486 Å². The summed E-state index contributed by atoms with van der Waals surface area (Å²) < 4.78 is 30.8. The first kappa shape index (κ1) is 58.2. The summed E-state index contributed by atoms with van der Waals surface area (Å²) in [5, 5.41) is 21.9. The standard InChI is InChI=1S/C34H33FN2OS.C34H32FN2OS.Pt/c2*1-33(2,3)22-16-14-21(15-17-22)25-18-23(34(4,5)6)19-30-31(25)37-32(39-30)24-10-7-8-12-28(24)36-20-26-27(35)11-9-13-29(26)38;/h7-20,38H,1-6H3;7-14,16-20,38H,1-6H3;/q;-1;. The molecule has 0 radical (unpaired) electrons. The zero-order valence-electron chi connectivity index (χ0n) is 46.7. The second-order valence-electron chi connectivity index (χ2n) is 23.7. The van der Waals surface area contributed by atoms with Crippen LogP contribution in [-0.4, -0.2) is 32.6 Å². The predicted octanol–water partition coefficient (Wildman–Crippen LogP) is 19.4. The summed E-state index contributed by atoms with van der Waals surface area (Å²) in [6.07, 6.45) is 2.74. The number of rotatable bonds is 8. The van der Waals surface area contributed by atoms with Crippen LogP contribution in [0.1, 0.15) is 116 Å². The van der Waals surface area contributed by atoms with E-state index in [-0.39, 0.29) is 65.4 Å². The number of halogens is 2. The van der Waals surface area contributed by atoms with Crippen molar-refractivity contribution >= 4 is 66.9 Å². The smallest absolute Gasteiger partial charge is 0.135 e. The van der Waals surface area contributed by atoms with E-state index in [1.165, 1.54) is 71.1 Å². The molecule has 0 bridgehead atoms. The van der Waals surface area contributed by atoms with Crippen molar-refractivity contribution in [2.24, 2.45) is 9.98 Å². The van der Waals surface area contributed by atoms with Gasteiger partial charge in [0, 0.05) is 60.4 Å². The summed E-state index contributed by atoms with van der Waals surface area (Å²) in [6.45, 7) is 26.6. The number of aromatic hydroxyl groups is 2. The third-order valence-corrected chi connectivity index (χ3v) is 15.8. The molecule has 11 heteroatoms. The van der Waals surface area contributed by atoms with Crippen LogP contribution in [0.25, 0.3) is 63.8 Å². The number of phenols is 2. The number of benzene rings is 8. The second kappa shape index (κ2) is 23.0. The molecule has 0 aliphatic carbocycles.